The third kappa shape index (κ3) is 6.93. The zero-order valence-electron chi connectivity index (χ0n) is 13.7. The van der Waals surface area contributed by atoms with Crippen LogP contribution in [0.2, 0.25) is 0 Å². The monoisotopic (exact) mass is 342 g/mol. The SMILES string of the molecule is CC1CC(=O)OC(C)C(O)/C=C\C(=O)OC(C)C(O)/C=C/C(=O)O1. The van der Waals surface area contributed by atoms with E-state index in [9.17, 15) is 24.6 Å². The lowest BCUT2D eigenvalue weighted by Gasteiger charge is -2.19. The molecule has 0 saturated carbocycles. The van der Waals surface area contributed by atoms with Crippen LogP contribution in [0.25, 0.3) is 0 Å². The van der Waals surface area contributed by atoms with Crippen LogP contribution in [0.5, 0.6) is 0 Å². The highest BCUT2D eigenvalue weighted by atomic mass is 16.6. The minimum absolute atomic E-state index is 0.193. The predicted octanol–water partition coefficient (Wildman–Crippen LogP) is 0.0194. The molecule has 0 spiro atoms. The van der Waals surface area contributed by atoms with Gasteiger partial charge in [0.15, 0.2) is 0 Å². The Morgan fingerprint density at radius 3 is 1.83 bits per heavy atom. The van der Waals surface area contributed by atoms with Crippen molar-refractivity contribution in [1.82, 2.24) is 0 Å². The molecule has 0 aromatic heterocycles. The van der Waals surface area contributed by atoms with Crippen LogP contribution < -0.4 is 0 Å². The van der Waals surface area contributed by atoms with Gasteiger partial charge >= 0.3 is 17.9 Å². The second-order valence-corrected chi connectivity index (χ2v) is 5.49. The van der Waals surface area contributed by atoms with Gasteiger partial charge in [-0.3, -0.25) is 4.79 Å². The molecule has 2 N–H and O–H groups in total. The van der Waals surface area contributed by atoms with Gasteiger partial charge in [-0.15, -0.1) is 0 Å². The first-order valence-electron chi connectivity index (χ1n) is 7.52. The zero-order valence-corrected chi connectivity index (χ0v) is 13.7. The van der Waals surface area contributed by atoms with Gasteiger partial charge < -0.3 is 24.4 Å². The third-order valence-electron chi connectivity index (χ3n) is 3.21. The Balaban J connectivity index is 2.91. The fraction of sp³-hybridized carbons (Fsp3) is 0.562. The van der Waals surface area contributed by atoms with Crippen molar-refractivity contribution >= 4 is 17.9 Å². The van der Waals surface area contributed by atoms with Crippen molar-refractivity contribution in [2.24, 2.45) is 0 Å². The molecule has 0 radical (unpaired) electrons. The summed E-state index contributed by atoms with van der Waals surface area (Å²) in [4.78, 5) is 34.9. The molecule has 0 aliphatic carbocycles. The van der Waals surface area contributed by atoms with Gasteiger partial charge in [-0.1, -0.05) is 0 Å². The molecule has 1 rings (SSSR count). The topological polar surface area (TPSA) is 119 Å². The van der Waals surface area contributed by atoms with Crippen molar-refractivity contribution in [2.45, 2.75) is 57.7 Å². The number of carbonyl (C=O) groups excluding carboxylic acids is 3. The largest absolute Gasteiger partial charge is 0.459 e. The van der Waals surface area contributed by atoms with Crippen LogP contribution in [0.4, 0.5) is 0 Å². The second-order valence-electron chi connectivity index (χ2n) is 5.49. The summed E-state index contributed by atoms with van der Waals surface area (Å²) < 4.78 is 14.9. The first-order chi connectivity index (χ1) is 11.2. The summed E-state index contributed by atoms with van der Waals surface area (Å²) in [6.07, 6.45) is -0.961. The molecule has 8 heteroatoms. The van der Waals surface area contributed by atoms with E-state index < -0.39 is 48.4 Å². The molecule has 0 aromatic rings. The smallest absolute Gasteiger partial charge is 0.330 e. The Kier molecular flexibility index (Phi) is 7.60. The van der Waals surface area contributed by atoms with Crippen molar-refractivity contribution in [2.75, 3.05) is 0 Å². The Hall–Kier alpha value is -2.19. The van der Waals surface area contributed by atoms with Gasteiger partial charge in [0.25, 0.3) is 0 Å². The van der Waals surface area contributed by atoms with E-state index in [1.165, 1.54) is 20.8 Å². The number of carbonyl (C=O) groups is 3. The van der Waals surface area contributed by atoms with Crippen LogP contribution in [0.15, 0.2) is 24.3 Å². The van der Waals surface area contributed by atoms with Crippen LogP contribution in [-0.2, 0) is 28.6 Å². The number of aliphatic hydroxyl groups excluding tert-OH is 2. The van der Waals surface area contributed by atoms with Crippen molar-refractivity contribution in [1.29, 1.82) is 0 Å². The number of hydrogen-bond donors (Lipinski definition) is 2. The van der Waals surface area contributed by atoms with E-state index in [4.69, 9.17) is 14.2 Å². The molecule has 0 bridgehead atoms. The van der Waals surface area contributed by atoms with Crippen molar-refractivity contribution in [3.8, 4) is 0 Å². The summed E-state index contributed by atoms with van der Waals surface area (Å²) in [7, 11) is 0. The molecular weight excluding hydrogens is 320 g/mol. The minimum Gasteiger partial charge on any atom is -0.459 e. The molecule has 1 aliphatic rings. The van der Waals surface area contributed by atoms with Gasteiger partial charge in [-0.05, 0) is 32.9 Å². The van der Waals surface area contributed by atoms with Gasteiger partial charge in [-0.2, -0.15) is 0 Å². The zero-order chi connectivity index (χ0) is 18.3. The second kappa shape index (κ2) is 9.19. The van der Waals surface area contributed by atoms with Crippen LogP contribution >= 0.6 is 0 Å². The normalized spacial score (nSPS) is 36.2. The maximum atomic E-state index is 11.7. The lowest BCUT2D eigenvalue weighted by atomic mass is 10.2. The van der Waals surface area contributed by atoms with Gasteiger partial charge in [0.1, 0.15) is 30.5 Å². The van der Waals surface area contributed by atoms with Crippen LogP contribution in [0.3, 0.4) is 0 Å². The molecule has 5 unspecified atom stereocenters. The van der Waals surface area contributed by atoms with Gasteiger partial charge in [0.05, 0.1) is 6.42 Å². The summed E-state index contributed by atoms with van der Waals surface area (Å²) in [5.74, 6) is -2.22. The highest BCUT2D eigenvalue weighted by Crippen LogP contribution is 2.08. The Morgan fingerprint density at radius 2 is 1.29 bits per heavy atom. The van der Waals surface area contributed by atoms with E-state index in [1.54, 1.807) is 0 Å². The predicted molar refractivity (Wildman–Crippen MR) is 81.6 cm³/mol. The summed E-state index contributed by atoms with van der Waals surface area (Å²) in [6, 6.07) is 0. The maximum Gasteiger partial charge on any atom is 0.330 e. The molecule has 0 fully saturated rings. The van der Waals surface area contributed by atoms with E-state index in [0.717, 1.165) is 24.3 Å². The van der Waals surface area contributed by atoms with Gasteiger partial charge in [-0.25, -0.2) is 9.59 Å². The molecule has 0 saturated heterocycles. The van der Waals surface area contributed by atoms with Crippen LogP contribution in [-0.4, -0.2) is 58.6 Å². The summed E-state index contributed by atoms with van der Waals surface area (Å²) in [6.45, 7) is 4.41. The Labute approximate surface area is 139 Å². The van der Waals surface area contributed by atoms with E-state index >= 15 is 0 Å². The Morgan fingerprint density at radius 1 is 0.833 bits per heavy atom. The number of aliphatic hydroxyl groups is 2. The lowest BCUT2D eigenvalue weighted by molar-refractivity contribution is -0.157. The molecule has 5 atom stereocenters. The first-order valence-corrected chi connectivity index (χ1v) is 7.52. The number of rotatable bonds is 0. The first kappa shape index (κ1) is 19.9. The highest BCUT2D eigenvalue weighted by molar-refractivity contribution is 5.83. The average Bonchev–Trinajstić information content (AvgIpc) is 2.48. The number of cyclic esters (lactones) is 3. The number of esters is 3. The number of ether oxygens (including phenoxy) is 3. The molecule has 24 heavy (non-hydrogen) atoms. The standard InChI is InChI=1S/C16H22O8/c1-9-8-16(21)24-11(3)13(18)5-7-15(20)23-10(2)12(17)4-6-14(19)22-9/h4-7,9-13,17-18H,8H2,1-3H3/b6-4+,7-5-. The highest BCUT2D eigenvalue weighted by Gasteiger charge is 2.21. The third-order valence-corrected chi connectivity index (χ3v) is 3.21. The molecule has 0 amide bonds. The summed E-state index contributed by atoms with van der Waals surface area (Å²) in [5.41, 5.74) is 0. The van der Waals surface area contributed by atoms with E-state index in [2.05, 4.69) is 0 Å². The van der Waals surface area contributed by atoms with Crippen molar-refractivity contribution in [3.63, 3.8) is 0 Å². The van der Waals surface area contributed by atoms with Gasteiger partial charge in [0.2, 0.25) is 0 Å². The molecule has 0 aromatic carbocycles. The van der Waals surface area contributed by atoms with Gasteiger partial charge in [0, 0.05) is 12.2 Å². The van der Waals surface area contributed by atoms with Crippen LogP contribution in [0, 0.1) is 0 Å². The van der Waals surface area contributed by atoms with Crippen LogP contribution in [0.1, 0.15) is 27.2 Å². The van der Waals surface area contributed by atoms with Crippen molar-refractivity contribution in [3.05, 3.63) is 24.3 Å². The molecule has 8 nitrogen and oxygen atoms in total. The molecule has 134 valence electrons. The van der Waals surface area contributed by atoms with Crippen molar-refractivity contribution < 1.29 is 38.8 Å². The van der Waals surface area contributed by atoms with E-state index in [1.807, 2.05) is 0 Å². The maximum absolute atomic E-state index is 11.7. The van der Waals surface area contributed by atoms with E-state index in [0.29, 0.717) is 0 Å². The minimum atomic E-state index is -1.22. The van der Waals surface area contributed by atoms with E-state index in [-0.39, 0.29) is 6.42 Å². The Bertz CT molecular complexity index is 524. The molecule has 1 aliphatic heterocycles. The quantitative estimate of drug-likeness (QED) is 0.467. The average molecular weight is 342 g/mol. The lowest BCUT2D eigenvalue weighted by Crippen LogP contribution is -2.30. The molecule has 1 heterocycles. The fourth-order valence-electron chi connectivity index (χ4n) is 1.80. The summed E-state index contributed by atoms with van der Waals surface area (Å²) in [5, 5.41) is 19.6. The fourth-order valence-corrected chi connectivity index (χ4v) is 1.80. The summed E-state index contributed by atoms with van der Waals surface area (Å²) >= 11 is 0. The number of hydrogen-bond acceptors (Lipinski definition) is 8. The molecular formula is C16H22O8.